The Kier molecular flexibility index (Phi) is 2.62. The summed E-state index contributed by atoms with van der Waals surface area (Å²) in [6.45, 7) is 4.03. The highest BCUT2D eigenvalue weighted by Gasteiger charge is 2.47. The fourth-order valence-electron chi connectivity index (χ4n) is 3.10. The van der Waals surface area contributed by atoms with E-state index in [0.717, 1.165) is 29.7 Å². The summed E-state index contributed by atoms with van der Waals surface area (Å²) < 4.78 is 5.83. The SMILES string of the molecule is CC1(C)Cc2cc(C3(C(=O)O)CCC3)cc(Cl)c2O1. The lowest BCUT2D eigenvalue weighted by Crippen LogP contribution is -2.42. The van der Waals surface area contributed by atoms with E-state index in [2.05, 4.69) is 0 Å². The van der Waals surface area contributed by atoms with Gasteiger partial charge in [-0.2, -0.15) is 0 Å². The Labute approximate surface area is 117 Å². The molecule has 0 unspecified atom stereocenters. The van der Waals surface area contributed by atoms with Crippen molar-refractivity contribution in [1.29, 1.82) is 0 Å². The van der Waals surface area contributed by atoms with Gasteiger partial charge in [0.05, 0.1) is 10.4 Å². The Hall–Kier alpha value is -1.22. The van der Waals surface area contributed by atoms with E-state index < -0.39 is 11.4 Å². The molecule has 1 aliphatic heterocycles. The van der Waals surface area contributed by atoms with Crippen LogP contribution in [0.25, 0.3) is 0 Å². The summed E-state index contributed by atoms with van der Waals surface area (Å²) >= 11 is 6.28. The minimum atomic E-state index is -0.743. The largest absolute Gasteiger partial charge is 0.486 e. The van der Waals surface area contributed by atoms with Crippen molar-refractivity contribution in [3.63, 3.8) is 0 Å². The second kappa shape index (κ2) is 3.89. The Morgan fingerprint density at radius 2 is 2.05 bits per heavy atom. The van der Waals surface area contributed by atoms with Crippen molar-refractivity contribution in [1.82, 2.24) is 0 Å². The first-order chi connectivity index (χ1) is 8.84. The van der Waals surface area contributed by atoms with Gasteiger partial charge in [0, 0.05) is 6.42 Å². The number of carboxylic acids is 1. The van der Waals surface area contributed by atoms with Gasteiger partial charge in [-0.1, -0.05) is 24.1 Å². The molecule has 1 aliphatic carbocycles. The zero-order valence-electron chi connectivity index (χ0n) is 11.1. The van der Waals surface area contributed by atoms with Crippen LogP contribution in [0.3, 0.4) is 0 Å². The van der Waals surface area contributed by atoms with E-state index >= 15 is 0 Å². The summed E-state index contributed by atoms with van der Waals surface area (Å²) in [6.07, 6.45) is 3.12. The van der Waals surface area contributed by atoms with Gasteiger partial charge in [0.1, 0.15) is 11.4 Å². The molecule has 3 rings (SSSR count). The van der Waals surface area contributed by atoms with E-state index in [1.807, 2.05) is 19.9 Å². The molecule has 4 heteroatoms. The lowest BCUT2D eigenvalue weighted by Gasteiger charge is -2.38. The molecule has 0 atom stereocenters. The molecule has 3 nitrogen and oxygen atoms in total. The number of hydrogen-bond donors (Lipinski definition) is 1. The fourth-order valence-corrected chi connectivity index (χ4v) is 3.38. The van der Waals surface area contributed by atoms with Gasteiger partial charge in [0.25, 0.3) is 0 Å². The molecular formula is C15H17ClO3. The number of hydrogen-bond acceptors (Lipinski definition) is 2. The van der Waals surface area contributed by atoms with Crippen LogP contribution in [0.5, 0.6) is 5.75 Å². The van der Waals surface area contributed by atoms with Gasteiger partial charge in [-0.25, -0.2) is 0 Å². The minimum absolute atomic E-state index is 0.263. The van der Waals surface area contributed by atoms with Crippen LogP contribution in [0, 0.1) is 0 Å². The van der Waals surface area contributed by atoms with Gasteiger partial charge in [0.2, 0.25) is 0 Å². The molecular weight excluding hydrogens is 264 g/mol. The summed E-state index contributed by atoms with van der Waals surface area (Å²) in [6, 6.07) is 3.75. The predicted octanol–water partition coefficient (Wildman–Crippen LogP) is 3.56. The Bertz CT molecular complexity index is 559. The van der Waals surface area contributed by atoms with Crippen molar-refractivity contribution in [2.45, 2.75) is 50.5 Å². The molecule has 1 saturated carbocycles. The molecule has 1 aromatic rings. The maximum Gasteiger partial charge on any atom is 0.314 e. The van der Waals surface area contributed by atoms with Crippen LogP contribution in [-0.2, 0) is 16.6 Å². The van der Waals surface area contributed by atoms with Crippen molar-refractivity contribution in [3.05, 3.63) is 28.3 Å². The zero-order valence-corrected chi connectivity index (χ0v) is 11.9. The molecule has 1 heterocycles. The maximum atomic E-state index is 11.6. The monoisotopic (exact) mass is 280 g/mol. The van der Waals surface area contributed by atoms with Crippen molar-refractivity contribution in [3.8, 4) is 5.75 Å². The van der Waals surface area contributed by atoms with Gasteiger partial charge in [-0.15, -0.1) is 0 Å². The second-order valence-corrected chi connectivity index (χ2v) is 6.63. The molecule has 0 radical (unpaired) electrons. The first kappa shape index (κ1) is 12.8. The third-order valence-electron chi connectivity index (χ3n) is 4.28. The second-order valence-electron chi connectivity index (χ2n) is 6.23. The van der Waals surface area contributed by atoms with E-state index in [1.165, 1.54) is 0 Å². The molecule has 0 aromatic heterocycles. The molecule has 0 spiro atoms. The van der Waals surface area contributed by atoms with Crippen LogP contribution < -0.4 is 4.74 Å². The molecule has 0 bridgehead atoms. The van der Waals surface area contributed by atoms with Gasteiger partial charge in [-0.05, 0) is 43.9 Å². The van der Waals surface area contributed by atoms with E-state index in [4.69, 9.17) is 16.3 Å². The summed E-state index contributed by atoms with van der Waals surface area (Å²) in [5.41, 5.74) is 0.864. The van der Waals surface area contributed by atoms with Crippen LogP contribution in [-0.4, -0.2) is 16.7 Å². The number of rotatable bonds is 2. The Morgan fingerprint density at radius 3 is 2.58 bits per heavy atom. The number of carbonyl (C=O) groups is 1. The third-order valence-corrected chi connectivity index (χ3v) is 4.56. The molecule has 1 fully saturated rings. The van der Waals surface area contributed by atoms with E-state index in [0.29, 0.717) is 17.9 Å². The van der Waals surface area contributed by atoms with Gasteiger partial charge >= 0.3 is 5.97 Å². The number of fused-ring (bicyclic) bond motifs is 1. The number of ether oxygens (including phenoxy) is 1. The molecule has 1 aromatic carbocycles. The highest BCUT2D eigenvalue weighted by atomic mass is 35.5. The highest BCUT2D eigenvalue weighted by Crippen LogP contribution is 2.48. The minimum Gasteiger partial charge on any atom is -0.486 e. The normalized spacial score (nSPS) is 22.3. The fraction of sp³-hybridized carbons (Fsp3) is 0.533. The first-order valence-corrected chi connectivity index (χ1v) is 6.97. The first-order valence-electron chi connectivity index (χ1n) is 6.59. The van der Waals surface area contributed by atoms with Crippen LogP contribution in [0.1, 0.15) is 44.2 Å². The molecule has 2 aliphatic rings. The predicted molar refractivity (Wildman–Crippen MR) is 73.0 cm³/mol. The summed E-state index contributed by atoms with van der Waals surface area (Å²) in [4.78, 5) is 11.6. The lowest BCUT2D eigenvalue weighted by atomic mass is 9.64. The summed E-state index contributed by atoms with van der Waals surface area (Å²) in [5.74, 6) is -0.0248. The summed E-state index contributed by atoms with van der Waals surface area (Å²) in [5, 5.41) is 10.0. The van der Waals surface area contributed by atoms with Crippen LogP contribution >= 0.6 is 11.6 Å². The summed E-state index contributed by atoms with van der Waals surface area (Å²) in [7, 11) is 0. The number of benzene rings is 1. The standard InChI is InChI=1S/C15H17ClO3/c1-14(2)8-9-6-10(7-11(16)12(9)19-14)15(13(17)18)4-3-5-15/h6-7H,3-5,8H2,1-2H3,(H,17,18). The third kappa shape index (κ3) is 1.83. The smallest absolute Gasteiger partial charge is 0.314 e. The molecule has 0 amide bonds. The van der Waals surface area contributed by atoms with Crippen LogP contribution in [0.4, 0.5) is 0 Å². The van der Waals surface area contributed by atoms with E-state index in [1.54, 1.807) is 6.07 Å². The van der Waals surface area contributed by atoms with Gasteiger partial charge in [0.15, 0.2) is 0 Å². The molecule has 19 heavy (non-hydrogen) atoms. The van der Waals surface area contributed by atoms with Gasteiger partial charge < -0.3 is 9.84 Å². The highest BCUT2D eigenvalue weighted by molar-refractivity contribution is 6.32. The van der Waals surface area contributed by atoms with Crippen molar-refractivity contribution in [2.75, 3.05) is 0 Å². The molecule has 1 N–H and O–H groups in total. The van der Waals surface area contributed by atoms with Crippen molar-refractivity contribution in [2.24, 2.45) is 0 Å². The van der Waals surface area contributed by atoms with Crippen LogP contribution in [0.15, 0.2) is 12.1 Å². The lowest BCUT2D eigenvalue weighted by molar-refractivity contribution is -0.147. The van der Waals surface area contributed by atoms with E-state index in [-0.39, 0.29) is 5.60 Å². The van der Waals surface area contributed by atoms with Crippen molar-refractivity contribution >= 4 is 17.6 Å². The average Bonchev–Trinajstić information content (AvgIpc) is 2.50. The number of aliphatic carboxylic acids is 1. The van der Waals surface area contributed by atoms with Crippen LogP contribution in [0.2, 0.25) is 5.02 Å². The van der Waals surface area contributed by atoms with Crippen molar-refractivity contribution < 1.29 is 14.6 Å². The zero-order chi connectivity index (χ0) is 13.8. The Balaban J connectivity index is 2.07. The topological polar surface area (TPSA) is 46.5 Å². The Morgan fingerprint density at radius 1 is 1.37 bits per heavy atom. The number of carboxylic acid groups (broad SMARTS) is 1. The maximum absolute atomic E-state index is 11.6. The quantitative estimate of drug-likeness (QED) is 0.901. The number of halogens is 1. The molecule has 0 saturated heterocycles. The average molecular weight is 281 g/mol. The van der Waals surface area contributed by atoms with E-state index in [9.17, 15) is 9.90 Å². The van der Waals surface area contributed by atoms with Gasteiger partial charge in [-0.3, -0.25) is 4.79 Å². The molecule has 102 valence electrons.